The van der Waals surface area contributed by atoms with E-state index in [9.17, 15) is 4.79 Å². The first-order valence-corrected chi connectivity index (χ1v) is 9.64. The highest BCUT2D eigenvalue weighted by atomic mass is 35.5. The molecule has 2 aromatic rings. The summed E-state index contributed by atoms with van der Waals surface area (Å²) in [5, 5.41) is 4.33. The smallest absolute Gasteiger partial charge is 0.358 e. The molecule has 1 N–H and O–H groups in total. The molecule has 1 aromatic carbocycles. The van der Waals surface area contributed by atoms with E-state index in [4.69, 9.17) is 27.9 Å². The zero-order valence-corrected chi connectivity index (χ0v) is 16.3. The third-order valence-electron chi connectivity index (χ3n) is 4.81. The van der Waals surface area contributed by atoms with Crippen molar-refractivity contribution in [1.29, 1.82) is 0 Å². The lowest BCUT2D eigenvalue weighted by Gasteiger charge is -2.17. The molecule has 5 nitrogen and oxygen atoms in total. The van der Waals surface area contributed by atoms with Crippen LogP contribution in [0.5, 0.6) is 0 Å². The Morgan fingerprint density at radius 1 is 1.22 bits per heavy atom. The molecule has 0 unspecified atom stereocenters. The minimum absolute atomic E-state index is 0.121. The average molecular weight is 404 g/mol. The van der Waals surface area contributed by atoms with E-state index >= 15 is 0 Å². The van der Waals surface area contributed by atoms with Gasteiger partial charge in [0.25, 0.3) is 0 Å². The molecule has 1 heterocycles. The number of anilines is 1. The van der Waals surface area contributed by atoms with E-state index in [2.05, 4.69) is 27.4 Å². The van der Waals surface area contributed by atoms with Gasteiger partial charge < -0.3 is 10.1 Å². The van der Waals surface area contributed by atoms with E-state index in [-0.39, 0.29) is 16.3 Å². The molecule has 27 heavy (non-hydrogen) atoms. The fraction of sp³-hybridized carbons (Fsp3) is 0.350. The molecule has 0 atom stereocenters. The van der Waals surface area contributed by atoms with Crippen LogP contribution in [0.3, 0.4) is 0 Å². The predicted octanol–water partition coefficient (Wildman–Crippen LogP) is 5.11. The van der Waals surface area contributed by atoms with Crippen molar-refractivity contribution in [3.8, 4) is 0 Å². The van der Waals surface area contributed by atoms with Crippen molar-refractivity contribution in [2.45, 2.75) is 37.1 Å². The minimum atomic E-state index is -0.547. The molecule has 2 fully saturated rings. The van der Waals surface area contributed by atoms with Crippen molar-refractivity contribution in [3.05, 3.63) is 57.5 Å². The molecule has 2 aliphatic carbocycles. The number of halogens is 2. The van der Waals surface area contributed by atoms with Crippen LogP contribution >= 0.6 is 23.2 Å². The van der Waals surface area contributed by atoms with Gasteiger partial charge in [-0.05, 0) is 43.4 Å². The van der Waals surface area contributed by atoms with E-state index in [1.54, 1.807) is 0 Å². The molecule has 0 bridgehead atoms. The Bertz CT molecular complexity index is 904. The number of carbonyl (C=O) groups is 1. The summed E-state index contributed by atoms with van der Waals surface area (Å²) in [6.07, 6.45) is 8.15. The molecule has 2 aliphatic rings. The first kappa shape index (κ1) is 18.3. The number of aromatic nitrogens is 2. The number of rotatable bonds is 6. The summed E-state index contributed by atoms with van der Waals surface area (Å²) < 4.78 is 4.82. The SMILES string of the molecule is COC(=O)c1nc(C2CC2)nc(NC2(/C=C/c3ccc(Cl)cc3)CC2)c1Cl. The van der Waals surface area contributed by atoms with Crippen LogP contribution in [0.1, 0.15) is 53.5 Å². The third-order valence-corrected chi connectivity index (χ3v) is 5.42. The van der Waals surface area contributed by atoms with Crippen molar-refractivity contribution in [3.63, 3.8) is 0 Å². The van der Waals surface area contributed by atoms with Crippen molar-refractivity contribution in [1.82, 2.24) is 9.97 Å². The summed E-state index contributed by atoms with van der Waals surface area (Å²) in [5.41, 5.74) is 0.970. The topological polar surface area (TPSA) is 64.1 Å². The number of esters is 1. The van der Waals surface area contributed by atoms with Crippen LogP contribution < -0.4 is 5.32 Å². The highest BCUT2D eigenvalue weighted by Gasteiger charge is 2.41. The zero-order valence-electron chi connectivity index (χ0n) is 14.8. The van der Waals surface area contributed by atoms with Gasteiger partial charge in [0.15, 0.2) is 5.69 Å². The van der Waals surface area contributed by atoms with Crippen molar-refractivity contribution in [2.24, 2.45) is 0 Å². The molecule has 4 rings (SSSR count). The van der Waals surface area contributed by atoms with Crippen molar-refractivity contribution in [2.75, 3.05) is 12.4 Å². The van der Waals surface area contributed by atoms with Gasteiger partial charge in [-0.15, -0.1) is 0 Å². The van der Waals surface area contributed by atoms with Crippen LogP contribution in [0.4, 0.5) is 5.82 Å². The number of hydrogen-bond donors (Lipinski definition) is 1. The molecular weight excluding hydrogens is 385 g/mol. The van der Waals surface area contributed by atoms with Crippen molar-refractivity contribution >= 4 is 41.1 Å². The van der Waals surface area contributed by atoms with Crippen LogP contribution in [0.15, 0.2) is 30.3 Å². The first-order chi connectivity index (χ1) is 13.0. The van der Waals surface area contributed by atoms with Gasteiger partial charge in [-0.1, -0.05) is 47.5 Å². The van der Waals surface area contributed by atoms with Gasteiger partial charge in [-0.3, -0.25) is 0 Å². The molecule has 0 radical (unpaired) electrons. The predicted molar refractivity (Wildman–Crippen MR) is 106 cm³/mol. The summed E-state index contributed by atoms with van der Waals surface area (Å²) in [7, 11) is 1.32. The van der Waals surface area contributed by atoms with Crippen LogP contribution in [-0.4, -0.2) is 28.6 Å². The highest BCUT2D eigenvalue weighted by Crippen LogP contribution is 2.44. The number of benzene rings is 1. The average Bonchev–Trinajstić information content (AvgIpc) is 3.58. The van der Waals surface area contributed by atoms with Crippen LogP contribution in [0.2, 0.25) is 10.0 Å². The van der Waals surface area contributed by atoms with Gasteiger partial charge in [-0.2, -0.15) is 0 Å². The maximum atomic E-state index is 12.1. The lowest BCUT2D eigenvalue weighted by atomic mass is 10.1. The number of nitrogens with one attached hydrogen (secondary N) is 1. The van der Waals surface area contributed by atoms with Crippen LogP contribution in [0, 0.1) is 0 Å². The van der Waals surface area contributed by atoms with E-state index in [1.165, 1.54) is 7.11 Å². The van der Waals surface area contributed by atoms with E-state index in [1.807, 2.05) is 24.3 Å². The summed E-state index contributed by atoms with van der Waals surface area (Å²) in [4.78, 5) is 21.0. The zero-order chi connectivity index (χ0) is 19.0. The largest absolute Gasteiger partial charge is 0.464 e. The highest BCUT2D eigenvalue weighted by molar-refractivity contribution is 6.35. The molecule has 0 aliphatic heterocycles. The van der Waals surface area contributed by atoms with Gasteiger partial charge >= 0.3 is 5.97 Å². The molecule has 0 spiro atoms. The Labute approximate surface area is 167 Å². The number of hydrogen-bond acceptors (Lipinski definition) is 5. The lowest BCUT2D eigenvalue weighted by Crippen LogP contribution is -2.21. The Kier molecular flexibility index (Phi) is 4.82. The number of methoxy groups -OCH3 is 1. The van der Waals surface area contributed by atoms with E-state index in [0.717, 1.165) is 31.2 Å². The van der Waals surface area contributed by atoms with Gasteiger partial charge in [0.1, 0.15) is 16.7 Å². The first-order valence-electron chi connectivity index (χ1n) is 8.88. The quantitative estimate of drug-likeness (QED) is 0.679. The Morgan fingerprint density at radius 2 is 1.93 bits per heavy atom. The maximum absolute atomic E-state index is 12.1. The second-order valence-corrected chi connectivity index (χ2v) is 7.84. The van der Waals surface area contributed by atoms with Gasteiger partial charge in [0, 0.05) is 10.9 Å². The molecule has 0 amide bonds. The Morgan fingerprint density at radius 3 is 2.52 bits per heavy atom. The second-order valence-electron chi connectivity index (χ2n) is 7.02. The molecule has 0 saturated heterocycles. The molecule has 140 valence electrons. The fourth-order valence-corrected chi connectivity index (χ4v) is 3.17. The minimum Gasteiger partial charge on any atom is -0.464 e. The normalized spacial score (nSPS) is 17.7. The second kappa shape index (κ2) is 7.13. The van der Waals surface area contributed by atoms with Crippen LogP contribution in [-0.2, 0) is 4.74 Å². The van der Waals surface area contributed by atoms with E-state index < -0.39 is 5.97 Å². The van der Waals surface area contributed by atoms with Gasteiger partial charge in [0.2, 0.25) is 0 Å². The summed E-state index contributed by atoms with van der Waals surface area (Å²) in [6, 6.07) is 7.65. The molecular formula is C20H19Cl2N3O2. The fourth-order valence-electron chi connectivity index (χ4n) is 2.84. The van der Waals surface area contributed by atoms with Gasteiger partial charge in [-0.25, -0.2) is 14.8 Å². The number of carbonyl (C=O) groups excluding carboxylic acids is 1. The third kappa shape index (κ3) is 4.09. The van der Waals surface area contributed by atoms with Gasteiger partial charge in [0.05, 0.1) is 12.6 Å². The van der Waals surface area contributed by atoms with Crippen LogP contribution in [0.25, 0.3) is 6.08 Å². The number of nitrogens with zero attached hydrogens (tertiary/aromatic N) is 2. The van der Waals surface area contributed by atoms with Crippen molar-refractivity contribution < 1.29 is 9.53 Å². The monoisotopic (exact) mass is 403 g/mol. The molecule has 2 saturated carbocycles. The summed E-state index contributed by atoms with van der Waals surface area (Å²) >= 11 is 12.4. The lowest BCUT2D eigenvalue weighted by molar-refractivity contribution is 0.0593. The van der Waals surface area contributed by atoms with E-state index in [0.29, 0.717) is 22.6 Å². The Hall–Kier alpha value is -2.11. The Balaban J connectivity index is 1.60. The molecule has 1 aromatic heterocycles. The summed E-state index contributed by atoms with van der Waals surface area (Å²) in [5.74, 6) is 0.895. The standard InChI is InChI=1S/C20H19Cl2N3O2/c1-27-19(26)16-15(22)18(24-17(23-16)13-4-5-13)25-20(10-11-20)9-8-12-2-6-14(21)7-3-12/h2-3,6-9,13H,4-5,10-11H2,1H3,(H,23,24,25)/b9-8+. The summed E-state index contributed by atoms with van der Waals surface area (Å²) in [6.45, 7) is 0. The number of ether oxygens (including phenoxy) is 1. The maximum Gasteiger partial charge on any atom is 0.358 e. The molecule has 7 heteroatoms.